The minimum absolute atomic E-state index is 0.363. The molecule has 0 saturated carbocycles. The summed E-state index contributed by atoms with van der Waals surface area (Å²) in [5.41, 5.74) is 0.363. The summed E-state index contributed by atoms with van der Waals surface area (Å²) in [7, 11) is 0. The third-order valence-electron chi connectivity index (χ3n) is 2.11. The van der Waals surface area contributed by atoms with Crippen LogP contribution < -0.4 is 10.6 Å². The van der Waals surface area contributed by atoms with Gasteiger partial charge < -0.3 is 10.6 Å². The van der Waals surface area contributed by atoms with Crippen molar-refractivity contribution in [3.63, 3.8) is 0 Å². The van der Waals surface area contributed by atoms with Crippen LogP contribution >= 0.6 is 11.6 Å². The van der Waals surface area contributed by atoms with Crippen molar-refractivity contribution in [1.82, 2.24) is 5.32 Å². The van der Waals surface area contributed by atoms with Crippen molar-refractivity contribution in [1.29, 1.82) is 0 Å². The van der Waals surface area contributed by atoms with Crippen molar-refractivity contribution in [2.45, 2.75) is 19.1 Å². The highest BCUT2D eigenvalue weighted by molar-refractivity contribution is 6.30. The molecule has 2 amide bonds. The molecule has 19 heavy (non-hydrogen) atoms. The van der Waals surface area contributed by atoms with Gasteiger partial charge in [-0.1, -0.05) is 11.6 Å². The Hall–Kier alpha value is -1.76. The molecule has 0 saturated heterocycles. The molecule has 0 spiro atoms. The SMILES string of the molecule is C[C@H](NC(=O)C(F)(F)F)C(=O)Nc1ccc(Cl)cc1. The minimum Gasteiger partial charge on any atom is -0.337 e. The summed E-state index contributed by atoms with van der Waals surface area (Å²) in [6, 6.07) is 4.67. The second-order valence-electron chi connectivity index (χ2n) is 3.69. The average molecular weight is 295 g/mol. The Balaban J connectivity index is 2.58. The fraction of sp³-hybridized carbons (Fsp3) is 0.273. The van der Waals surface area contributed by atoms with E-state index in [1.165, 1.54) is 24.3 Å². The molecule has 0 fully saturated rings. The van der Waals surface area contributed by atoms with Crippen LogP contribution in [0, 0.1) is 0 Å². The molecule has 4 nitrogen and oxygen atoms in total. The Kier molecular flexibility index (Phi) is 4.77. The predicted octanol–water partition coefficient (Wildman–Crippen LogP) is 2.35. The summed E-state index contributed by atoms with van der Waals surface area (Å²) in [6.45, 7) is 1.15. The number of alkyl halides is 3. The maximum atomic E-state index is 12.0. The van der Waals surface area contributed by atoms with Crippen LogP contribution in [0.1, 0.15) is 6.92 Å². The van der Waals surface area contributed by atoms with Crippen LogP contribution in [0.4, 0.5) is 18.9 Å². The quantitative estimate of drug-likeness (QED) is 0.899. The number of benzene rings is 1. The Morgan fingerprint density at radius 2 is 1.74 bits per heavy atom. The van der Waals surface area contributed by atoms with Gasteiger partial charge in [-0.25, -0.2) is 0 Å². The van der Waals surface area contributed by atoms with Crippen molar-refractivity contribution in [2.24, 2.45) is 0 Å². The molecular formula is C11H10ClF3N2O2. The number of rotatable bonds is 3. The van der Waals surface area contributed by atoms with Crippen molar-refractivity contribution in [3.05, 3.63) is 29.3 Å². The Morgan fingerprint density at radius 1 is 1.21 bits per heavy atom. The van der Waals surface area contributed by atoms with Gasteiger partial charge in [-0.2, -0.15) is 13.2 Å². The molecule has 104 valence electrons. The van der Waals surface area contributed by atoms with E-state index in [-0.39, 0.29) is 0 Å². The molecule has 0 aliphatic carbocycles. The van der Waals surface area contributed by atoms with E-state index in [9.17, 15) is 22.8 Å². The molecule has 0 heterocycles. The van der Waals surface area contributed by atoms with Crippen LogP contribution in [-0.2, 0) is 9.59 Å². The van der Waals surface area contributed by atoms with Crippen LogP contribution in [-0.4, -0.2) is 24.0 Å². The first-order valence-corrected chi connectivity index (χ1v) is 5.52. The number of halogens is 4. The van der Waals surface area contributed by atoms with Crippen LogP contribution in [0.15, 0.2) is 24.3 Å². The molecule has 1 aromatic rings. The van der Waals surface area contributed by atoms with E-state index in [1.807, 2.05) is 0 Å². The maximum absolute atomic E-state index is 12.0. The lowest BCUT2D eigenvalue weighted by Gasteiger charge is -2.15. The molecule has 0 aliphatic heterocycles. The van der Waals surface area contributed by atoms with Gasteiger partial charge in [0, 0.05) is 10.7 Å². The summed E-state index contributed by atoms with van der Waals surface area (Å²) in [6.07, 6.45) is -5.02. The number of carbonyl (C=O) groups excluding carboxylic acids is 2. The number of hydrogen-bond donors (Lipinski definition) is 2. The minimum atomic E-state index is -5.02. The van der Waals surface area contributed by atoms with E-state index in [4.69, 9.17) is 11.6 Å². The van der Waals surface area contributed by atoms with Gasteiger partial charge in [-0.3, -0.25) is 9.59 Å². The highest BCUT2D eigenvalue weighted by Crippen LogP contribution is 2.15. The van der Waals surface area contributed by atoms with Crippen LogP contribution in [0.25, 0.3) is 0 Å². The number of hydrogen-bond acceptors (Lipinski definition) is 2. The lowest BCUT2D eigenvalue weighted by molar-refractivity contribution is -0.174. The summed E-state index contributed by atoms with van der Waals surface area (Å²) >= 11 is 5.64. The van der Waals surface area contributed by atoms with E-state index in [2.05, 4.69) is 5.32 Å². The van der Waals surface area contributed by atoms with Gasteiger partial charge >= 0.3 is 12.1 Å². The zero-order chi connectivity index (χ0) is 14.6. The van der Waals surface area contributed by atoms with Crippen molar-refractivity contribution in [3.8, 4) is 0 Å². The van der Waals surface area contributed by atoms with E-state index in [1.54, 1.807) is 5.32 Å². The molecule has 2 N–H and O–H groups in total. The standard InChI is InChI=1S/C11H10ClF3N2O2/c1-6(16-10(19)11(13,14)15)9(18)17-8-4-2-7(12)3-5-8/h2-6H,1H3,(H,16,19)(H,17,18)/t6-/m0/s1. The second-order valence-corrected chi connectivity index (χ2v) is 4.13. The summed E-state index contributed by atoms with van der Waals surface area (Å²) in [5, 5.41) is 4.35. The zero-order valence-corrected chi connectivity index (χ0v) is 10.5. The van der Waals surface area contributed by atoms with E-state index in [0.29, 0.717) is 10.7 Å². The Morgan fingerprint density at radius 3 is 2.21 bits per heavy atom. The molecule has 1 aromatic carbocycles. The number of nitrogens with one attached hydrogen (secondary N) is 2. The molecule has 1 rings (SSSR count). The molecule has 0 aliphatic rings. The molecule has 8 heteroatoms. The van der Waals surface area contributed by atoms with E-state index in [0.717, 1.165) is 6.92 Å². The molecular weight excluding hydrogens is 285 g/mol. The first-order chi connectivity index (χ1) is 8.70. The monoisotopic (exact) mass is 294 g/mol. The van der Waals surface area contributed by atoms with Gasteiger partial charge in [-0.05, 0) is 31.2 Å². The second kappa shape index (κ2) is 5.92. The van der Waals surface area contributed by atoms with Gasteiger partial charge in [0.1, 0.15) is 6.04 Å². The van der Waals surface area contributed by atoms with Crippen LogP contribution in [0.5, 0.6) is 0 Å². The lowest BCUT2D eigenvalue weighted by atomic mass is 10.2. The third kappa shape index (κ3) is 4.78. The van der Waals surface area contributed by atoms with Gasteiger partial charge in [0.25, 0.3) is 0 Å². The smallest absolute Gasteiger partial charge is 0.337 e. The fourth-order valence-corrected chi connectivity index (χ4v) is 1.25. The Labute approximate surface area is 111 Å². The summed E-state index contributed by atoms with van der Waals surface area (Å²) in [5.74, 6) is -2.92. The molecule has 0 unspecified atom stereocenters. The predicted molar refractivity (Wildman–Crippen MR) is 63.7 cm³/mol. The largest absolute Gasteiger partial charge is 0.471 e. The molecule has 0 aromatic heterocycles. The van der Waals surface area contributed by atoms with Gasteiger partial charge in [-0.15, -0.1) is 0 Å². The van der Waals surface area contributed by atoms with Crippen LogP contribution in [0.2, 0.25) is 5.02 Å². The van der Waals surface area contributed by atoms with E-state index >= 15 is 0 Å². The number of amides is 2. The van der Waals surface area contributed by atoms with Gasteiger partial charge in [0.2, 0.25) is 5.91 Å². The van der Waals surface area contributed by atoms with Crippen LogP contribution in [0.3, 0.4) is 0 Å². The number of anilines is 1. The highest BCUT2D eigenvalue weighted by atomic mass is 35.5. The molecule has 0 bridgehead atoms. The molecule has 1 atom stereocenters. The fourth-order valence-electron chi connectivity index (χ4n) is 1.13. The highest BCUT2D eigenvalue weighted by Gasteiger charge is 2.39. The third-order valence-corrected chi connectivity index (χ3v) is 2.36. The average Bonchev–Trinajstić information content (AvgIpc) is 2.30. The first kappa shape index (κ1) is 15.3. The number of carbonyl (C=O) groups is 2. The summed E-state index contributed by atoms with van der Waals surface area (Å²) < 4.78 is 36.0. The summed E-state index contributed by atoms with van der Waals surface area (Å²) in [4.78, 5) is 22.2. The van der Waals surface area contributed by atoms with Crippen molar-refractivity contribution >= 4 is 29.1 Å². The molecule has 0 radical (unpaired) electrons. The van der Waals surface area contributed by atoms with Crippen molar-refractivity contribution < 1.29 is 22.8 Å². The first-order valence-electron chi connectivity index (χ1n) is 5.14. The topological polar surface area (TPSA) is 58.2 Å². The Bertz CT molecular complexity index is 474. The normalized spacial score (nSPS) is 12.7. The van der Waals surface area contributed by atoms with Gasteiger partial charge in [0.05, 0.1) is 0 Å². The lowest BCUT2D eigenvalue weighted by Crippen LogP contribution is -2.47. The zero-order valence-electron chi connectivity index (χ0n) is 9.72. The maximum Gasteiger partial charge on any atom is 0.471 e. The van der Waals surface area contributed by atoms with E-state index < -0.39 is 24.0 Å². The van der Waals surface area contributed by atoms with Gasteiger partial charge in [0.15, 0.2) is 0 Å². The van der Waals surface area contributed by atoms with Crippen molar-refractivity contribution in [2.75, 3.05) is 5.32 Å².